The van der Waals surface area contributed by atoms with Crippen LogP contribution >= 0.6 is 22.7 Å². The van der Waals surface area contributed by atoms with E-state index in [9.17, 15) is 42.7 Å². The van der Waals surface area contributed by atoms with Crippen LogP contribution in [0, 0.1) is 36.4 Å². The summed E-state index contributed by atoms with van der Waals surface area (Å²) >= 11 is 2.04. The number of aliphatic hydroxyl groups excluding tert-OH is 1. The van der Waals surface area contributed by atoms with Crippen LogP contribution in [-0.4, -0.2) is 93.8 Å². The molecule has 6 rings (SSSR count). The summed E-state index contributed by atoms with van der Waals surface area (Å²) in [5.41, 5.74) is -3.96. The molecule has 0 aliphatic rings. The number of benzene rings is 2. The fraction of sp³-hybridized carbons (Fsp3) is 0.500. The number of nitrogens with zero attached hydrogens (tertiary/aromatic N) is 5. The summed E-state index contributed by atoms with van der Waals surface area (Å²) in [4.78, 5) is 107. The van der Waals surface area contributed by atoms with E-state index in [1.807, 2.05) is 44.2 Å². The van der Waals surface area contributed by atoms with Gasteiger partial charge >= 0.3 is 23.3 Å². The Morgan fingerprint density at radius 2 is 1.14 bits per heavy atom. The lowest BCUT2D eigenvalue weighted by Crippen LogP contribution is -2.56. The normalized spacial score (nSPS) is 11.3. The lowest BCUT2D eigenvalue weighted by molar-refractivity contribution is -0.129. The van der Waals surface area contributed by atoms with Gasteiger partial charge in [-0.05, 0) is 149 Å². The summed E-state index contributed by atoms with van der Waals surface area (Å²) in [5, 5.41) is 22.4. The fourth-order valence-electron chi connectivity index (χ4n) is 8.23. The summed E-state index contributed by atoms with van der Waals surface area (Å²) in [6.45, 7) is 26.2. The van der Waals surface area contributed by atoms with Crippen molar-refractivity contribution in [2.75, 3.05) is 40.6 Å². The second-order valence-electron chi connectivity index (χ2n) is 20.1. The molecule has 0 bridgehead atoms. The highest BCUT2D eigenvalue weighted by atomic mass is 32.1. The average molecular weight is 1160 g/mol. The van der Waals surface area contributed by atoms with Crippen LogP contribution in [0.3, 0.4) is 0 Å². The average Bonchev–Trinajstić information content (AvgIpc) is 3.97. The standard InChI is InChI=1S/C26H33N3O6S.C25H30FN3O6S.C5H9NO.C2H6/c1-8-35-23(31)20-16(4)19-21(30)29(26(5,6)24(32)27-15(2)3)25(33)28(22(19)36-20)14-13-17-11-9-10-12-18(17)34-7;1-7-27-23(32)25(4,5)29-20(30)18-14(3)19(22(31)35-8-2)36-21(18)28(24(29)33)12-11-15-13-16(26)9-10-17(15)34-6;1-5(2,3-6)4-7;1-2/h9-12,15H,8,13-14H2,1-7H3,(H,27,32);9-10,13H,7-8,11-12H2,1-6H3,(H,27,32);7H,4H2,1-2H3;1-2H3. The zero-order chi connectivity index (χ0) is 61.5. The molecule has 0 unspecified atom stereocenters. The van der Waals surface area contributed by atoms with Gasteiger partial charge in [0, 0.05) is 25.7 Å². The van der Waals surface area contributed by atoms with E-state index < -0.39 is 68.6 Å². The van der Waals surface area contributed by atoms with Crippen LogP contribution in [0.1, 0.15) is 132 Å². The second kappa shape index (κ2) is 29.3. The molecule has 4 heterocycles. The van der Waals surface area contributed by atoms with E-state index in [0.29, 0.717) is 46.0 Å². The van der Waals surface area contributed by atoms with E-state index >= 15 is 0 Å². The topological polar surface area (TPSA) is 261 Å². The number of fused-ring (bicyclic) bond motifs is 2. The summed E-state index contributed by atoms with van der Waals surface area (Å²) in [6, 6.07) is 13.3. The number of para-hydroxylation sites is 1. The smallest absolute Gasteiger partial charge is 0.348 e. The number of nitriles is 1. The lowest BCUT2D eigenvalue weighted by atomic mass is 9.98. The molecule has 0 radical (unpaired) electrons. The number of halogens is 1. The molecular weight excluding hydrogens is 1090 g/mol. The van der Waals surface area contributed by atoms with Crippen molar-refractivity contribution in [1.29, 1.82) is 5.26 Å². The van der Waals surface area contributed by atoms with Gasteiger partial charge in [-0.2, -0.15) is 5.26 Å². The van der Waals surface area contributed by atoms with Crippen LogP contribution in [0.5, 0.6) is 11.5 Å². The number of aliphatic hydroxyl groups is 1. The van der Waals surface area contributed by atoms with Gasteiger partial charge in [0.15, 0.2) is 0 Å². The van der Waals surface area contributed by atoms with E-state index in [0.717, 1.165) is 37.4 Å². The molecule has 0 aliphatic heterocycles. The van der Waals surface area contributed by atoms with Crippen molar-refractivity contribution >= 4 is 66.9 Å². The maximum Gasteiger partial charge on any atom is 0.348 e. The molecule has 0 saturated carbocycles. The Bertz CT molecular complexity index is 3520. The molecule has 0 atom stereocenters. The van der Waals surface area contributed by atoms with Gasteiger partial charge in [0.05, 0.1) is 56.3 Å². The molecule has 4 aromatic heterocycles. The van der Waals surface area contributed by atoms with Gasteiger partial charge in [0.2, 0.25) is 11.8 Å². The monoisotopic (exact) mass is 1160 g/mol. The third-order valence-corrected chi connectivity index (χ3v) is 15.3. The van der Waals surface area contributed by atoms with Crippen molar-refractivity contribution in [3.05, 3.63) is 122 Å². The quantitative estimate of drug-likeness (QED) is 0.0655. The Hall–Kier alpha value is -7.42. The number of rotatable bonds is 19. The summed E-state index contributed by atoms with van der Waals surface area (Å²) in [7, 11) is 3.04. The third-order valence-electron chi connectivity index (χ3n) is 12.7. The van der Waals surface area contributed by atoms with Crippen molar-refractivity contribution in [2.45, 2.75) is 147 Å². The second-order valence-corrected chi connectivity index (χ2v) is 22.1. The van der Waals surface area contributed by atoms with Crippen LogP contribution in [0.2, 0.25) is 0 Å². The molecule has 0 fully saturated rings. The minimum Gasteiger partial charge on any atom is -0.496 e. The fourth-order valence-corrected chi connectivity index (χ4v) is 10.7. The highest BCUT2D eigenvalue weighted by Gasteiger charge is 2.37. The van der Waals surface area contributed by atoms with Gasteiger partial charge in [-0.1, -0.05) is 32.0 Å². The molecule has 23 heteroatoms. The number of carbonyl (C=O) groups is 4. The number of hydrogen-bond donors (Lipinski definition) is 3. The molecule has 442 valence electrons. The number of amides is 2. The first kappa shape index (κ1) is 67.9. The van der Waals surface area contributed by atoms with Crippen molar-refractivity contribution in [1.82, 2.24) is 28.9 Å². The molecule has 2 aromatic carbocycles. The minimum absolute atomic E-state index is 0.0448. The number of likely N-dealkylation sites (N-methyl/N-ethyl adjacent to an activating group) is 1. The Morgan fingerprint density at radius 1 is 0.704 bits per heavy atom. The van der Waals surface area contributed by atoms with E-state index in [-0.39, 0.29) is 70.7 Å². The Labute approximate surface area is 479 Å². The van der Waals surface area contributed by atoms with Gasteiger partial charge in [-0.3, -0.25) is 28.3 Å². The number of aromatic nitrogens is 4. The van der Waals surface area contributed by atoms with Gasteiger partial charge in [0.25, 0.3) is 11.1 Å². The maximum atomic E-state index is 13.9. The summed E-state index contributed by atoms with van der Waals surface area (Å²) in [6.07, 6.45) is 0.628. The van der Waals surface area contributed by atoms with Crippen LogP contribution in [0.15, 0.2) is 61.6 Å². The van der Waals surface area contributed by atoms with Crippen molar-refractivity contribution in [3.63, 3.8) is 0 Å². The molecule has 20 nitrogen and oxygen atoms in total. The predicted molar refractivity (Wildman–Crippen MR) is 314 cm³/mol. The largest absolute Gasteiger partial charge is 0.496 e. The predicted octanol–water partition coefficient (Wildman–Crippen LogP) is 7.75. The van der Waals surface area contributed by atoms with Crippen LogP contribution in [-0.2, 0) is 56.1 Å². The van der Waals surface area contributed by atoms with Crippen molar-refractivity contribution in [2.24, 2.45) is 5.41 Å². The number of hydrogen-bond acceptors (Lipinski definition) is 16. The van der Waals surface area contributed by atoms with Gasteiger partial charge in [0.1, 0.15) is 47.8 Å². The minimum atomic E-state index is -1.52. The first-order valence-corrected chi connectivity index (χ1v) is 28.2. The van der Waals surface area contributed by atoms with E-state index in [1.54, 1.807) is 69.4 Å². The third kappa shape index (κ3) is 15.3. The van der Waals surface area contributed by atoms with Gasteiger partial charge in [-0.25, -0.2) is 32.7 Å². The van der Waals surface area contributed by atoms with E-state index in [4.69, 9.17) is 29.3 Å². The molecule has 0 spiro atoms. The number of thiophene rings is 2. The summed E-state index contributed by atoms with van der Waals surface area (Å²) < 4.78 is 39.7. The molecule has 6 aromatic rings. The number of carbonyl (C=O) groups excluding carboxylic acids is 4. The number of esters is 2. The SMILES string of the molecule is CC.CC(C)(C#N)CO.CCNC(=O)C(C)(C)n1c(=O)c2c(C)c(C(=O)OCC)sc2n(CCc2cc(F)ccc2OC)c1=O.CCOC(=O)c1sc2c(c1C)c(=O)n(C(C)(C)C(=O)NC(C)C)c(=O)n2CCc1ccccc1OC. The molecule has 81 heavy (non-hydrogen) atoms. The van der Waals surface area contributed by atoms with Crippen LogP contribution < -0.4 is 42.6 Å². The highest BCUT2D eigenvalue weighted by Crippen LogP contribution is 2.32. The van der Waals surface area contributed by atoms with E-state index in [1.165, 1.54) is 62.1 Å². The number of aryl methyl sites for hydroxylation is 6. The molecule has 0 aliphatic carbocycles. The maximum absolute atomic E-state index is 13.9. The van der Waals surface area contributed by atoms with Gasteiger partial charge < -0.3 is 34.7 Å². The van der Waals surface area contributed by atoms with Crippen LogP contribution in [0.25, 0.3) is 20.4 Å². The highest BCUT2D eigenvalue weighted by molar-refractivity contribution is 7.21. The van der Waals surface area contributed by atoms with Gasteiger partial charge in [-0.15, -0.1) is 22.7 Å². The van der Waals surface area contributed by atoms with E-state index in [2.05, 4.69) is 10.6 Å². The zero-order valence-corrected chi connectivity index (χ0v) is 51.2. The Balaban J connectivity index is 0.000000370. The number of nitrogens with one attached hydrogen (secondary N) is 2. The molecule has 3 N–H and O–H groups in total. The first-order chi connectivity index (χ1) is 38.1. The first-order valence-electron chi connectivity index (χ1n) is 26.6. The van der Waals surface area contributed by atoms with Crippen LogP contribution in [0.4, 0.5) is 4.39 Å². The molecule has 0 saturated heterocycles. The Morgan fingerprint density at radius 3 is 1.53 bits per heavy atom. The summed E-state index contributed by atoms with van der Waals surface area (Å²) in [5.74, 6) is -1.43. The Kier molecular flexibility index (Phi) is 24.6. The molecular formula is C58H78FN7O13S2. The molecule has 2 amide bonds. The van der Waals surface area contributed by atoms with Crippen molar-refractivity contribution in [3.8, 4) is 17.6 Å². The van der Waals surface area contributed by atoms with Crippen molar-refractivity contribution < 1.29 is 47.6 Å². The number of ether oxygens (including phenoxy) is 4. The zero-order valence-electron chi connectivity index (χ0n) is 49.6. The number of methoxy groups -OCH3 is 2. The lowest BCUT2D eigenvalue weighted by Gasteiger charge is -2.27.